The van der Waals surface area contributed by atoms with E-state index in [1.54, 1.807) is 7.05 Å². The highest BCUT2D eigenvalue weighted by Crippen LogP contribution is 2.43. The van der Waals surface area contributed by atoms with Gasteiger partial charge in [0, 0.05) is 19.2 Å². The van der Waals surface area contributed by atoms with E-state index in [4.69, 9.17) is 5.73 Å². The van der Waals surface area contributed by atoms with Crippen LogP contribution in [0.15, 0.2) is 4.90 Å². The number of nitrogens with two attached hydrogens (primary N) is 1. The Hall–Kier alpha value is -1.08. The maximum absolute atomic E-state index is 11.9. The van der Waals surface area contributed by atoms with E-state index in [0.717, 1.165) is 30.4 Å². The Morgan fingerprint density at radius 2 is 2.06 bits per heavy atom. The van der Waals surface area contributed by atoms with Crippen LogP contribution in [0.25, 0.3) is 0 Å². The van der Waals surface area contributed by atoms with Crippen LogP contribution in [0.2, 0.25) is 0 Å². The maximum Gasteiger partial charge on any atom is 0.180 e. The number of sulfone groups is 1. The first kappa shape index (κ1) is 12.4. The molecule has 0 aliphatic heterocycles. The van der Waals surface area contributed by atoms with Gasteiger partial charge in [-0.15, -0.1) is 11.3 Å². The molecule has 1 fully saturated rings. The summed E-state index contributed by atoms with van der Waals surface area (Å²) in [5.74, 6) is 0.00645. The average molecular weight is 274 g/mol. The molecule has 94 valence electrons. The molecule has 0 unspecified atom stereocenters. The summed E-state index contributed by atoms with van der Waals surface area (Å²) in [5.41, 5.74) is 5.90. The monoisotopic (exact) mass is 274 g/mol. The van der Waals surface area contributed by atoms with Gasteiger partial charge in [-0.3, -0.25) is 4.79 Å². The van der Waals surface area contributed by atoms with Gasteiger partial charge in [0.1, 0.15) is 9.90 Å². The molecule has 1 heterocycles. The molecule has 7 heteroatoms. The summed E-state index contributed by atoms with van der Waals surface area (Å²) in [6.07, 6.45) is 2.84. The van der Waals surface area contributed by atoms with Crippen LogP contribution in [0, 0.1) is 5.92 Å². The lowest BCUT2D eigenvalue weighted by molar-refractivity contribution is 0.0972. The largest absolute Gasteiger partial charge is 0.396 e. The van der Waals surface area contributed by atoms with Crippen molar-refractivity contribution in [1.29, 1.82) is 0 Å². The Labute approximate surface area is 104 Å². The van der Waals surface area contributed by atoms with E-state index >= 15 is 0 Å². The lowest BCUT2D eigenvalue weighted by atomic mass is 10.2. The predicted molar refractivity (Wildman–Crippen MR) is 68.4 cm³/mol. The molecular weight excluding hydrogens is 260 g/mol. The molecule has 0 amide bonds. The number of rotatable bonds is 4. The van der Waals surface area contributed by atoms with Crippen molar-refractivity contribution >= 4 is 37.6 Å². The topological polar surface area (TPSA) is 89.3 Å². The number of carbonyl (C=O) groups excluding carboxylic acids is 1. The molecule has 17 heavy (non-hydrogen) atoms. The molecule has 0 saturated heterocycles. The van der Waals surface area contributed by atoms with E-state index in [9.17, 15) is 13.2 Å². The molecule has 2 rings (SSSR count). The zero-order valence-electron chi connectivity index (χ0n) is 9.61. The van der Waals surface area contributed by atoms with Crippen LogP contribution in [0.5, 0.6) is 0 Å². The number of ketones is 1. The van der Waals surface area contributed by atoms with E-state index in [2.05, 4.69) is 5.32 Å². The van der Waals surface area contributed by atoms with E-state index in [0.29, 0.717) is 9.88 Å². The third kappa shape index (κ3) is 2.16. The van der Waals surface area contributed by atoms with Crippen molar-refractivity contribution < 1.29 is 13.2 Å². The van der Waals surface area contributed by atoms with Crippen LogP contribution in [-0.4, -0.2) is 27.5 Å². The number of hydrogen-bond donors (Lipinski definition) is 2. The highest BCUT2D eigenvalue weighted by Gasteiger charge is 2.35. The van der Waals surface area contributed by atoms with Crippen LogP contribution in [-0.2, 0) is 9.84 Å². The molecule has 0 atom stereocenters. The van der Waals surface area contributed by atoms with Gasteiger partial charge >= 0.3 is 0 Å². The second-order valence-electron chi connectivity index (χ2n) is 4.16. The summed E-state index contributed by atoms with van der Waals surface area (Å²) >= 11 is 1.12. The maximum atomic E-state index is 11.9. The second kappa shape index (κ2) is 3.99. The van der Waals surface area contributed by atoms with Crippen molar-refractivity contribution in [2.24, 2.45) is 5.92 Å². The first-order chi connectivity index (χ1) is 7.86. The van der Waals surface area contributed by atoms with Crippen molar-refractivity contribution in [3.8, 4) is 0 Å². The zero-order chi connectivity index (χ0) is 12.8. The van der Waals surface area contributed by atoms with Gasteiger partial charge in [0.25, 0.3) is 0 Å². The third-order valence-electron chi connectivity index (χ3n) is 2.67. The molecule has 1 saturated carbocycles. The lowest BCUT2D eigenvalue weighted by Gasteiger charge is -2.01. The summed E-state index contributed by atoms with van der Waals surface area (Å²) < 4.78 is 23.3. The third-order valence-corrected chi connectivity index (χ3v) is 5.20. The van der Waals surface area contributed by atoms with Crippen LogP contribution in [0.4, 0.5) is 10.7 Å². The van der Waals surface area contributed by atoms with Crippen LogP contribution < -0.4 is 11.1 Å². The number of nitrogens with one attached hydrogen (secondary N) is 1. The second-order valence-corrected chi connectivity index (χ2v) is 7.14. The first-order valence-electron chi connectivity index (χ1n) is 5.20. The average Bonchev–Trinajstić information content (AvgIpc) is 2.99. The molecule has 0 radical (unpaired) electrons. The molecule has 1 aliphatic rings. The number of nitrogen functional groups attached to an aromatic ring is 1. The minimum Gasteiger partial charge on any atom is -0.396 e. The van der Waals surface area contributed by atoms with Crippen molar-refractivity contribution in [2.45, 2.75) is 17.7 Å². The van der Waals surface area contributed by atoms with Crippen molar-refractivity contribution in [1.82, 2.24) is 0 Å². The molecule has 0 bridgehead atoms. The molecule has 0 aromatic carbocycles. The number of thiophene rings is 1. The summed E-state index contributed by atoms with van der Waals surface area (Å²) in [4.78, 5) is 12.4. The summed E-state index contributed by atoms with van der Waals surface area (Å²) in [6.45, 7) is 0. The highest BCUT2D eigenvalue weighted by atomic mass is 32.2. The smallest absolute Gasteiger partial charge is 0.180 e. The molecule has 3 N–H and O–H groups in total. The van der Waals surface area contributed by atoms with Gasteiger partial charge in [-0.25, -0.2) is 8.42 Å². The van der Waals surface area contributed by atoms with Gasteiger partial charge in [0.05, 0.1) is 10.6 Å². The quantitative estimate of drug-likeness (QED) is 0.809. The van der Waals surface area contributed by atoms with E-state index in [-0.39, 0.29) is 22.3 Å². The van der Waals surface area contributed by atoms with Gasteiger partial charge in [-0.05, 0) is 12.8 Å². The summed E-state index contributed by atoms with van der Waals surface area (Å²) in [7, 11) is -1.81. The molecule has 1 aliphatic carbocycles. The van der Waals surface area contributed by atoms with Crippen LogP contribution in [0.3, 0.4) is 0 Å². The summed E-state index contributed by atoms with van der Waals surface area (Å²) in [5, 5.41) is 3.22. The number of carbonyl (C=O) groups is 1. The van der Waals surface area contributed by atoms with Gasteiger partial charge in [-0.2, -0.15) is 0 Å². The Morgan fingerprint density at radius 3 is 2.41 bits per heavy atom. The van der Waals surface area contributed by atoms with Crippen LogP contribution >= 0.6 is 11.3 Å². The fraction of sp³-hybridized carbons (Fsp3) is 0.500. The van der Waals surface area contributed by atoms with E-state index < -0.39 is 9.84 Å². The van der Waals surface area contributed by atoms with Gasteiger partial charge < -0.3 is 11.1 Å². The van der Waals surface area contributed by atoms with E-state index in [1.165, 1.54) is 0 Å². The Morgan fingerprint density at radius 1 is 1.47 bits per heavy atom. The van der Waals surface area contributed by atoms with Gasteiger partial charge in [0.15, 0.2) is 15.6 Å². The Balaban J connectivity index is 2.56. The minimum atomic E-state index is -3.42. The summed E-state index contributed by atoms with van der Waals surface area (Å²) in [6, 6.07) is 0. The van der Waals surface area contributed by atoms with Crippen LogP contribution in [0.1, 0.15) is 22.5 Å². The SMILES string of the molecule is CNc1sc(C(=O)C2CC2)c(N)c1S(C)(=O)=O. The number of Topliss-reactive ketones (excluding diaryl/α,β-unsaturated/α-hetero) is 1. The normalized spacial score (nSPS) is 15.9. The van der Waals surface area contributed by atoms with Gasteiger partial charge in [-0.1, -0.05) is 0 Å². The minimum absolute atomic E-state index is 0.0288. The lowest BCUT2D eigenvalue weighted by Crippen LogP contribution is -2.06. The highest BCUT2D eigenvalue weighted by molar-refractivity contribution is 7.91. The van der Waals surface area contributed by atoms with Crippen molar-refractivity contribution in [2.75, 3.05) is 24.4 Å². The molecule has 5 nitrogen and oxygen atoms in total. The van der Waals surface area contributed by atoms with Gasteiger partial charge in [0.2, 0.25) is 0 Å². The molecule has 1 aromatic heterocycles. The van der Waals surface area contributed by atoms with Crippen molar-refractivity contribution in [3.63, 3.8) is 0 Å². The number of hydrogen-bond acceptors (Lipinski definition) is 6. The zero-order valence-corrected chi connectivity index (χ0v) is 11.2. The number of anilines is 2. The molecule has 1 aromatic rings. The fourth-order valence-corrected chi connectivity index (χ4v) is 4.25. The fourth-order valence-electron chi connectivity index (χ4n) is 1.68. The Kier molecular flexibility index (Phi) is 2.90. The molecule has 0 spiro atoms. The first-order valence-corrected chi connectivity index (χ1v) is 7.91. The standard InChI is InChI=1S/C10H14N2O3S2/c1-12-10-9(17(2,14)15)6(11)8(16-10)7(13)5-3-4-5/h5,12H,3-4,11H2,1-2H3. The predicted octanol–water partition coefficient (Wildman–Crippen LogP) is 1.37. The molecular formula is C10H14N2O3S2. The van der Waals surface area contributed by atoms with E-state index in [1.807, 2.05) is 0 Å². The van der Waals surface area contributed by atoms with Crippen molar-refractivity contribution in [3.05, 3.63) is 4.88 Å². The Bertz CT molecular complexity index is 571.